The monoisotopic (exact) mass is 3230 g/mol. The Bertz CT molecular complexity index is 3640. The molecule has 2 aliphatic carbocycles. The third-order valence-electron chi connectivity index (χ3n) is 23.7. The molecular weight excluding hydrogens is 3060 g/mol. The maximum atomic E-state index is 12.5. The molecule has 8 unspecified atom stereocenters. The predicted molar refractivity (Wildman–Crippen MR) is 502 cm³/mol. The molecule has 0 bridgehead atoms. The Balaban J connectivity index is 0.00000179. The molecule has 0 amide bonds. The van der Waals surface area contributed by atoms with Crippen molar-refractivity contribution in [2.75, 3.05) is 66.1 Å². The van der Waals surface area contributed by atoms with E-state index in [1.165, 1.54) is 0 Å². The molecule has 0 aromatic rings. The van der Waals surface area contributed by atoms with Crippen LogP contribution in [0.2, 0.25) is 0 Å². The topological polar surface area (TPSA) is 560 Å². The molecule has 10 fully saturated rings. The second-order valence-electron chi connectivity index (χ2n) is 41.1. The molecule has 10 rings (SSSR count). The van der Waals surface area contributed by atoms with Gasteiger partial charge in [-0.25, -0.2) is 0 Å². The van der Waals surface area contributed by atoms with Crippen LogP contribution in [0.25, 0.3) is 0 Å². The summed E-state index contributed by atoms with van der Waals surface area (Å²) in [4.78, 5) is 62.0. The Labute approximate surface area is 959 Å². The molecule has 147 heavy (non-hydrogen) atoms. The van der Waals surface area contributed by atoms with E-state index in [-0.39, 0.29) is 326 Å². The van der Waals surface area contributed by atoms with Crippen LogP contribution in [-0.4, -0.2) is 310 Å². The number of ether oxygens (including phenoxy) is 18. The first-order valence-corrected chi connectivity index (χ1v) is 57.1. The van der Waals surface area contributed by atoms with Gasteiger partial charge in [-0.1, -0.05) is 13.8 Å². The van der Waals surface area contributed by atoms with Crippen molar-refractivity contribution in [3.05, 3.63) is 31.0 Å². The molecule has 0 spiro atoms. The first-order chi connectivity index (χ1) is 65.3. The molecule has 34 atom stereocenters. The van der Waals surface area contributed by atoms with Crippen LogP contribution in [0, 0.1) is 48.8 Å². The van der Waals surface area contributed by atoms with Crippen LogP contribution in [0.4, 0.5) is 0 Å². The Morgan fingerprint density at radius 1 is 0.367 bits per heavy atom. The maximum absolute atomic E-state index is 12.5. The van der Waals surface area contributed by atoms with Crippen molar-refractivity contribution in [2.24, 2.45) is 17.8 Å². The van der Waals surface area contributed by atoms with Crippen molar-refractivity contribution in [2.45, 2.75) is 484 Å². The summed E-state index contributed by atoms with van der Waals surface area (Å²) in [6.45, 7) is 55.9. The van der Waals surface area contributed by atoms with E-state index in [2.05, 4.69) is 0 Å². The van der Waals surface area contributed by atoms with Gasteiger partial charge >= 0.3 is 0 Å². The van der Waals surface area contributed by atoms with E-state index in [0.717, 1.165) is 6.61 Å². The zero-order valence-corrected chi connectivity index (χ0v) is 113. The number of aliphatic hydroxyl groups excluding tert-OH is 4. The molecule has 5 N–H and O–H groups in total. The summed E-state index contributed by atoms with van der Waals surface area (Å²) in [6, 6.07) is 0. The van der Waals surface area contributed by atoms with Crippen molar-refractivity contribution in [3.8, 4) is 0 Å². The maximum Gasteiger partial charge on any atom is 0.265 e. The number of phosphoric ester groups is 5. The summed E-state index contributed by atoms with van der Waals surface area (Å²) in [5.41, 5.74) is -2.62. The minimum absolute atomic E-state index is 0. The molecule has 8 aliphatic heterocycles. The molecule has 872 valence electrons. The Kier molecular flexibility index (Phi) is 72.3. The van der Waals surface area contributed by atoms with Crippen molar-refractivity contribution in [3.63, 3.8) is 0 Å². The number of hydrogen-bond donors (Lipinski definition) is 5. The smallest absolute Gasteiger partial charge is 0.265 e. The van der Waals surface area contributed by atoms with E-state index in [9.17, 15) is 72.8 Å². The van der Waals surface area contributed by atoms with E-state index < -0.39 is 142 Å². The first kappa shape index (κ1) is 151. The normalized spacial score (nSPS) is 35.2. The van der Waals surface area contributed by atoms with E-state index >= 15 is 0 Å². The second kappa shape index (κ2) is 70.5. The number of phosphoric acid groups is 5. The average molecular weight is 3240 g/mol. The van der Waals surface area contributed by atoms with Crippen molar-refractivity contribution >= 4 is 39.1 Å². The van der Waals surface area contributed by atoms with Crippen LogP contribution in [0.3, 0.4) is 0 Å². The summed E-state index contributed by atoms with van der Waals surface area (Å²) < 4.78 is 215. The zero-order chi connectivity index (χ0) is 106. The van der Waals surface area contributed by atoms with Crippen LogP contribution >= 0.6 is 39.1 Å². The number of hydrogen-bond acceptors (Lipinski definition) is 43. The Morgan fingerprint density at radius 3 is 1.07 bits per heavy atom. The molecule has 10 aliphatic rings. The van der Waals surface area contributed by atoms with Gasteiger partial charge < -0.3 is 181 Å². The van der Waals surface area contributed by atoms with Gasteiger partial charge in [0.05, 0.1) is 125 Å². The van der Waals surface area contributed by atoms with E-state index in [0.29, 0.717) is 82.2 Å². The summed E-state index contributed by atoms with van der Waals surface area (Å²) >= 11 is 0. The van der Waals surface area contributed by atoms with Crippen molar-refractivity contribution in [1.82, 2.24) is 0 Å². The van der Waals surface area contributed by atoms with Gasteiger partial charge in [-0.15, -0.1) is 24.4 Å². The molecule has 8 saturated heterocycles. The third-order valence-corrected chi connectivity index (χ3v) is 28.5. The van der Waals surface area contributed by atoms with Gasteiger partial charge in [0.25, 0.3) is 31.3 Å². The number of rotatable bonds is 51. The zero-order valence-electron chi connectivity index (χ0n) is 90.8. The molecule has 54 heteroatoms. The largest absolute Gasteiger partial charge is 0.758 e. The van der Waals surface area contributed by atoms with Gasteiger partial charge in [0.1, 0.15) is 53.9 Å². The molecule has 0 radical (unpaired) electrons. The van der Waals surface area contributed by atoms with Gasteiger partial charge in [-0.2, -0.15) is 6.61 Å². The molecular formula is C93H171O43P5W6-10. The van der Waals surface area contributed by atoms with Crippen molar-refractivity contribution in [1.29, 1.82) is 0 Å². The summed E-state index contributed by atoms with van der Waals surface area (Å²) in [5, 5.41) is 51.6. The molecule has 8 heterocycles. The number of aliphatic hydroxyl groups is 5. The van der Waals surface area contributed by atoms with Crippen LogP contribution in [0.15, 0.2) is 0 Å². The van der Waals surface area contributed by atoms with Gasteiger partial charge in [-0.05, 0) is 314 Å². The summed E-state index contributed by atoms with van der Waals surface area (Å²) in [5.74, 6) is -0.387. The molecule has 43 nitrogen and oxygen atoms in total. The van der Waals surface area contributed by atoms with Crippen LogP contribution in [0.1, 0.15) is 265 Å². The van der Waals surface area contributed by atoms with Crippen molar-refractivity contribution < 1.29 is 330 Å². The fourth-order valence-corrected chi connectivity index (χ4v) is 22.0. The minimum atomic E-state index is -4.76. The summed E-state index contributed by atoms with van der Waals surface area (Å²) in [7, 11) is -23.4. The fraction of sp³-hybridized carbons (Fsp3) is 0.946. The van der Waals surface area contributed by atoms with Crippen LogP contribution in [-0.2, 0) is 280 Å². The van der Waals surface area contributed by atoms with Gasteiger partial charge in [0, 0.05) is 188 Å². The molecule has 2 saturated carbocycles. The fourth-order valence-electron chi connectivity index (χ4n) is 17.4. The summed E-state index contributed by atoms with van der Waals surface area (Å²) in [6.07, 6.45) is -7.05. The SMILES string of the molecule is CC(C)OC[C@@]1(CO)O[C@@H](C)C[C@H]1OP(=O)([O-])OC[C-]1O[C@@H](C)C[C@H]1OC(C)C.CC(C)OC[C@@]1(O)C[C@@H](C)C[C@H]1OP(=O)([O-])OC[C-]1O[C@@H](C)C[C@H]1OC(C)C.CC(C)OC[C@H]1C(O)[C@@H](C)C[C@H]1OP(=O)([O-])OC[C-]1O[C@@H](C)C[C@H]1OC(C)C.CC(C)OC[C@H]1O[C@@H](C)C(O)[C@H]1OP(=O)([O-])OC[C-]1O[C@@H](C)C[C@H]1OC(C)C.CC(C)OC[C@H]1O[C@@H](C)C(O)[C@H]1OP(=O)([O-])O[CH-][C@H]1O[C@@H](C)C[C@H]1OC(C)C.[W].[W].[W].[W].[W].[W]. The van der Waals surface area contributed by atoms with E-state index in [4.69, 9.17) is 131 Å². The molecule has 0 aromatic carbocycles. The Hall–Kier alpha value is 3.76. The van der Waals surface area contributed by atoms with Gasteiger partial charge in [-0.3, -0.25) is 22.8 Å². The third kappa shape index (κ3) is 53.7. The van der Waals surface area contributed by atoms with Crippen LogP contribution < -0.4 is 24.5 Å². The second-order valence-corrected chi connectivity index (χ2v) is 47.9. The Morgan fingerprint density at radius 2 is 0.707 bits per heavy atom. The predicted octanol–water partition coefficient (Wildman–Crippen LogP) is 10.1. The van der Waals surface area contributed by atoms with E-state index in [1.54, 1.807) is 20.8 Å². The average Bonchev–Trinajstić information content (AvgIpc) is 1.64. The molecule has 0 aromatic heterocycles. The first-order valence-electron chi connectivity index (χ1n) is 49.8. The minimum Gasteiger partial charge on any atom is -0.758 e. The van der Waals surface area contributed by atoms with E-state index in [1.807, 2.05) is 187 Å². The standard InChI is InChI=1S/C19H36O9P.2C19H36O8P.2C18H34O9P.6W/c1-12(2)23-11-19(10-20)18(8-15(6)27-19)28-29(21,22)24-9-17-16(25-13(3)4)7-14(5)26-17;1-12(2)23-11-19(20)9-14(5)7-18(19)27-28(21,22)24-10-17-16(25-13(3)4)8-15(6)26-17;1-11(2)23-9-15-16(7-13(5)19(15)20)27-28(21,22)24-10-18-17(25-12(3)4)8-14(6)26-18;2*1-10(2)22-8-16-18(17(19)13(6)26-16)27-28(20,21)23-9-15-14(24-11(3)4)7-12(5)25-15;;;;;;/h12-16,18,20H,7-11H2,1-6H3,(H,21,22);12-16,18,20H,7-11H2,1-6H3,(H,21,22);11-17,19-20H,7-10H2,1-6H3,(H,21,22);10-14,16-19H,7-9H2,1-6H3,(H,20,21);9-19H,7-8H2,1-6H3,(H,20,21);;;;;;/q5*-1;;;;;;/p-5/t14-,15-,16+,18+,19+;14-,15-,16+,18+,19-;13-,14-,15+,16+,17+,19?;12-,13-,14+,16+,17?,18-;12-,13-,14+,15+,16+,17?,18-;;;;;;/m00000....../s1. The van der Waals surface area contributed by atoms with Gasteiger partial charge in [0.15, 0.2) is 0 Å². The quantitative estimate of drug-likeness (QED) is 0.0279. The van der Waals surface area contributed by atoms with Crippen LogP contribution in [0.5, 0.6) is 0 Å². The van der Waals surface area contributed by atoms with Gasteiger partial charge in [0.2, 0.25) is 7.82 Å².